The number of rotatable bonds is 6. The summed E-state index contributed by atoms with van der Waals surface area (Å²) in [7, 11) is 0. The van der Waals surface area contributed by atoms with Crippen molar-refractivity contribution in [1.29, 1.82) is 0 Å². The summed E-state index contributed by atoms with van der Waals surface area (Å²) in [6.45, 7) is 6.75. The van der Waals surface area contributed by atoms with Gasteiger partial charge in [-0.25, -0.2) is 0 Å². The van der Waals surface area contributed by atoms with Gasteiger partial charge in [0.15, 0.2) is 5.01 Å². The lowest BCUT2D eigenvalue weighted by Gasteiger charge is -2.08. The summed E-state index contributed by atoms with van der Waals surface area (Å²) in [6, 6.07) is 5.35. The fraction of sp³-hybridized carbons (Fsp3) is 0.429. The largest absolute Gasteiger partial charge is 0.308 e. The van der Waals surface area contributed by atoms with Crippen LogP contribution in [-0.4, -0.2) is 21.7 Å². The van der Waals surface area contributed by atoms with Gasteiger partial charge in [-0.1, -0.05) is 30.4 Å². The van der Waals surface area contributed by atoms with Crippen LogP contribution in [0.1, 0.15) is 36.9 Å². The molecule has 6 nitrogen and oxygen atoms in total. The molecule has 0 aliphatic carbocycles. The molecule has 0 saturated carbocycles. The Labute approximate surface area is 127 Å². The van der Waals surface area contributed by atoms with Gasteiger partial charge in [-0.2, -0.15) is 0 Å². The highest BCUT2D eigenvalue weighted by Gasteiger charge is 2.22. The van der Waals surface area contributed by atoms with Crippen molar-refractivity contribution in [2.24, 2.45) is 0 Å². The van der Waals surface area contributed by atoms with E-state index in [0.717, 1.165) is 18.0 Å². The number of hydrogen-bond acceptors (Lipinski definition) is 6. The molecule has 1 unspecified atom stereocenters. The van der Waals surface area contributed by atoms with Gasteiger partial charge in [-0.05, 0) is 32.9 Å². The molecule has 0 aliphatic rings. The number of nitrogens with zero attached hydrogens (tertiary/aromatic N) is 3. The molecule has 0 saturated heterocycles. The second kappa shape index (κ2) is 6.73. The van der Waals surface area contributed by atoms with Crippen molar-refractivity contribution < 1.29 is 4.92 Å². The Morgan fingerprint density at radius 2 is 2.19 bits per heavy atom. The molecular weight excluding hydrogens is 288 g/mol. The van der Waals surface area contributed by atoms with Crippen LogP contribution in [-0.2, 0) is 0 Å². The van der Waals surface area contributed by atoms with Crippen LogP contribution in [0.15, 0.2) is 18.2 Å². The number of aryl methyl sites for hydroxylation is 1. The molecule has 1 aromatic heterocycles. The molecule has 1 atom stereocenters. The van der Waals surface area contributed by atoms with E-state index < -0.39 is 0 Å². The molecule has 0 radical (unpaired) electrons. The Hall–Kier alpha value is -1.86. The van der Waals surface area contributed by atoms with E-state index in [4.69, 9.17) is 0 Å². The van der Waals surface area contributed by atoms with E-state index in [-0.39, 0.29) is 16.7 Å². The van der Waals surface area contributed by atoms with Gasteiger partial charge in [0, 0.05) is 5.56 Å². The Kier molecular flexibility index (Phi) is 4.98. The van der Waals surface area contributed by atoms with E-state index in [9.17, 15) is 10.1 Å². The average molecular weight is 306 g/mol. The first-order chi connectivity index (χ1) is 10.0. The summed E-state index contributed by atoms with van der Waals surface area (Å²) in [5.74, 6) is 0. The summed E-state index contributed by atoms with van der Waals surface area (Å²) in [5.41, 5.74) is 1.27. The first kappa shape index (κ1) is 15.5. The highest BCUT2D eigenvalue weighted by Crippen LogP contribution is 2.35. The number of aromatic nitrogens is 2. The normalized spacial score (nSPS) is 12.3. The number of nitro groups is 1. The lowest BCUT2D eigenvalue weighted by atomic mass is 10.1. The molecule has 1 aromatic carbocycles. The Morgan fingerprint density at radius 1 is 1.43 bits per heavy atom. The Bertz CT molecular complexity index is 642. The molecule has 2 aromatic rings. The molecule has 112 valence electrons. The third kappa shape index (κ3) is 3.43. The van der Waals surface area contributed by atoms with Crippen LogP contribution in [0.25, 0.3) is 10.6 Å². The molecule has 0 aliphatic heterocycles. The first-order valence-electron chi connectivity index (χ1n) is 6.85. The van der Waals surface area contributed by atoms with Gasteiger partial charge in [0.1, 0.15) is 5.01 Å². The number of benzene rings is 1. The summed E-state index contributed by atoms with van der Waals surface area (Å²) in [5, 5.41) is 24.3. The predicted octanol–water partition coefficient (Wildman–Crippen LogP) is 3.48. The quantitative estimate of drug-likeness (QED) is 0.652. The van der Waals surface area contributed by atoms with Gasteiger partial charge in [0.25, 0.3) is 5.69 Å². The summed E-state index contributed by atoms with van der Waals surface area (Å²) < 4.78 is 0. The van der Waals surface area contributed by atoms with Gasteiger partial charge >= 0.3 is 0 Å². The van der Waals surface area contributed by atoms with Crippen molar-refractivity contribution in [3.05, 3.63) is 38.9 Å². The maximum atomic E-state index is 11.2. The minimum Gasteiger partial charge on any atom is -0.308 e. The van der Waals surface area contributed by atoms with Crippen LogP contribution in [0, 0.1) is 17.0 Å². The first-order valence-corrected chi connectivity index (χ1v) is 7.67. The lowest BCUT2D eigenvalue weighted by Crippen LogP contribution is -2.18. The number of nitro benzene ring substituents is 1. The van der Waals surface area contributed by atoms with Gasteiger partial charge in [-0.15, -0.1) is 10.2 Å². The van der Waals surface area contributed by atoms with E-state index >= 15 is 0 Å². The SMILES string of the molecule is CCCNC(C)c1nnc(-c2cccc(C)c2[N+](=O)[O-])s1. The van der Waals surface area contributed by atoms with Crippen molar-refractivity contribution in [2.75, 3.05) is 6.54 Å². The van der Waals surface area contributed by atoms with Gasteiger partial charge in [-0.3, -0.25) is 10.1 Å². The monoisotopic (exact) mass is 306 g/mol. The van der Waals surface area contributed by atoms with Crippen molar-refractivity contribution in [3.8, 4) is 10.6 Å². The van der Waals surface area contributed by atoms with Crippen LogP contribution >= 0.6 is 11.3 Å². The minimum absolute atomic E-state index is 0.0973. The number of hydrogen-bond donors (Lipinski definition) is 1. The number of para-hydroxylation sites is 1. The second-order valence-corrected chi connectivity index (χ2v) is 5.86. The fourth-order valence-corrected chi connectivity index (χ4v) is 2.94. The standard InChI is InChI=1S/C14H18N4O2S/c1-4-8-15-10(3)13-16-17-14(21-13)11-7-5-6-9(2)12(11)18(19)20/h5-7,10,15H,4,8H2,1-3H3. The average Bonchev–Trinajstić information content (AvgIpc) is 2.93. The van der Waals surface area contributed by atoms with Gasteiger partial charge < -0.3 is 5.32 Å². The van der Waals surface area contributed by atoms with Crippen molar-refractivity contribution in [1.82, 2.24) is 15.5 Å². The summed E-state index contributed by atoms with van der Waals surface area (Å²) in [6.07, 6.45) is 1.04. The Balaban J connectivity index is 2.34. The topological polar surface area (TPSA) is 81.0 Å². The second-order valence-electron chi connectivity index (χ2n) is 4.85. The smallest absolute Gasteiger partial charge is 0.282 e. The minimum atomic E-state index is -0.357. The van der Waals surface area contributed by atoms with Crippen LogP contribution in [0.2, 0.25) is 0 Å². The molecule has 7 heteroatoms. The molecule has 1 N–H and O–H groups in total. The maximum absolute atomic E-state index is 11.2. The number of nitrogens with one attached hydrogen (secondary N) is 1. The maximum Gasteiger partial charge on any atom is 0.282 e. The summed E-state index contributed by atoms with van der Waals surface area (Å²) in [4.78, 5) is 10.9. The highest BCUT2D eigenvalue weighted by molar-refractivity contribution is 7.14. The van der Waals surface area contributed by atoms with Crippen molar-refractivity contribution >= 4 is 17.0 Å². The molecule has 2 rings (SSSR count). The zero-order valence-corrected chi connectivity index (χ0v) is 13.1. The van der Waals surface area contributed by atoms with Crippen molar-refractivity contribution in [3.63, 3.8) is 0 Å². The molecule has 0 fully saturated rings. The van der Waals surface area contributed by atoms with Gasteiger partial charge in [0.2, 0.25) is 0 Å². The summed E-state index contributed by atoms with van der Waals surface area (Å²) >= 11 is 1.40. The third-order valence-electron chi connectivity index (χ3n) is 3.16. The predicted molar refractivity (Wildman–Crippen MR) is 83.4 cm³/mol. The fourth-order valence-electron chi connectivity index (χ4n) is 2.04. The zero-order valence-electron chi connectivity index (χ0n) is 12.3. The molecule has 0 bridgehead atoms. The van der Waals surface area contributed by atoms with Crippen LogP contribution in [0.3, 0.4) is 0 Å². The highest BCUT2D eigenvalue weighted by atomic mass is 32.1. The van der Waals surface area contributed by atoms with E-state index in [1.165, 1.54) is 11.3 Å². The third-order valence-corrected chi connectivity index (χ3v) is 4.30. The van der Waals surface area contributed by atoms with Crippen molar-refractivity contribution in [2.45, 2.75) is 33.2 Å². The zero-order chi connectivity index (χ0) is 15.4. The Morgan fingerprint density at radius 3 is 2.86 bits per heavy atom. The van der Waals surface area contributed by atoms with Gasteiger partial charge in [0.05, 0.1) is 16.5 Å². The molecule has 21 heavy (non-hydrogen) atoms. The van der Waals surface area contributed by atoms with E-state index in [2.05, 4.69) is 22.4 Å². The lowest BCUT2D eigenvalue weighted by molar-refractivity contribution is -0.384. The molecular formula is C14H18N4O2S. The molecule has 1 heterocycles. The van der Waals surface area contributed by atoms with E-state index in [0.29, 0.717) is 16.1 Å². The van der Waals surface area contributed by atoms with E-state index in [1.807, 2.05) is 6.92 Å². The molecule has 0 amide bonds. The van der Waals surface area contributed by atoms with Crippen LogP contribution in [0.4, 0.5) is 5.69 Å². The molecule has 0 spiro atoms. The van der Waals surface area contributed by atoms with Crippen LogP contribution < -0.4 is 5.32 Å². The van der Waals surface area contributed by atoms with E-state index in [1.54, 1.807) is 25.1 Å². The van der Waals surface area contributed by atoms with Crippen LogP contribution in [0.5, 0.6) is 0 Å².